The van der Waals surface area contributed by atoms with Crippen molar-refractivity contribution in [1.29, 1.82) is 0 Å². The van der Waals surface area contributed by atoms with Gasteiger partial charge in [0.15, 0.2) is 0 Å². The van der Waals surface area contributed by atoms with Crippen LogP contribution in [0.25, 0.3) is 0 Å². The summed E-state index contributed by atoms with van der Waals surface area (Å²) in [6.45, 7) is 4.57. The van der Waals surface area contributed by atoms with Crippen molar-refractivity contribution in [1.82, 2.24) is 10.3 Å². The normalized spacial score (nSPS) is 27.9. The van der Waals surface area contributed by atoms with Crippen molar-refractivity contribution < 1.29 is 0 Å². The molecule has 82 valence electrons. The molecule has 1 fully saturated rings. The zero-order chi connectivity index (χ0) is 10.7. The van der Waals surface area contributed by atoms with Crippen LogP contribution in [0.1, 0.15) is 44.7 Å². The lowest BCUT2D eigenvalue weighted by Crippen LogP contribution is -2.33. The van der Waals surface area contributed by atoms with Crippen LogP contribution >= 0.6 is 0 Å². The van der Waals surface area contributed by atoms with Gasteiger partial charge in [-0.05, 0) is 37.3 Å². The third kappa shape index (κ3) is 2.57. The Kier molecular flexibility index (Phi) is 3.37. The van der Waals surface area contributed by atoms with Crippen LogP contribution < -0.4 is 5.32 Å². The van der Waals surface area contributed by atoms with Crippen LogP contribution in [0.4, 0.5) is 0 Å². The molecule has 1 aliphatic carbocycles. The Balaban J connectivity index is 1.95. The van der Waals surface area contributed by atoms with Crippen LogP contribution in [-0.4, -0.2) is 11.0 Å². The van der Waals surface area contributed by atoms with Gasteiger partial charge in [-0.15, -0.1) is 0 Å². The van der Waals surface area contributed by atoms with Crippen molar-refractivity contribution in [2.75, 3.05) is 0 Å². The summed E-state index contributed by atoms with van der Waals surface area (Å²) >= 11 is 0. The fourth-order valence-electron chi connectivity index (χ4n) is 2.44. The molecule has 0 aromatic carbocycles. The molecular weight excluding hydrogens is 184 g/mol. The smallest absolute Gasteiger partial charge is 0.0315 e. The lowest BCUT2D eigenvalue weighted by molar-refractivity contribution is 0.388. The van der Waals surface area contributed by atoms with E-state index in [1.165, 1.54) is 24.8 Å². The number of rotatable bonds is 3. The highest BCUT2D eigenvalue weighted by Gasteiger charge is 2.24. The Morgan fingerprint density at radius 1 is 1.47 bits per heavy atom. The van der Waals surface area contributed by atoms with Gasteiger partial charge in [0.05, 0.1) is 0 Å². The molecule has 3 atom stereocenters. The zero-order valence-electron chi connectivity index (χ0n) is 9.61. The number of pyridine rings is 1. The summed E-state index contributed by atoms with van der Waals surface area (Å²) in [7, 11) is 0. The molecule has 2 rings (SSSR count). The number of nitrogens with one attached hydrogen (secondary N) is 1. The molecule has 2 unspecified atom stereocenters. The molecule has 0 saturated heterocycles. The molecule has 2 heteroatoms. The van der Waals surface area contributed by atoms with Gasteiger partial charge in [0.25, 0.3) is 0 Å². The van der Waals surface area contributed by atoms with E-state index in [4.69, 9.17) is 0 Å². The van der Waals surface area contributed by atoms with E-state index in [0.29, 0.717) is 12.1 Å². The van der Waals surface area contributed by atoms with Crippen LogP contribution in [0.15, 0.2) is 24.5 Å². The van der Waals surface area contributed by atoms with Crippen molar-refractivity contribution in [3.05, 3.63) is 30.1 Å². The molecular formula is C13H20N2. The Hall–Kier alpha value is -0.890. The third-order valence-electron chi connectivity index (χ3n) is 3.51. The van der Waals surface area contributed by atoms with E-state index in [1.807, 2.05) is 18.5 Å². The lowest BCUT2D eigenvalue weighted by Gasteiger charge is -2.22. The van der Waals surface area contributed by atoms with E-state index >= 15 is 0 Å². The van der Waals surface area contributed by atoms with Gasteiger partial charge in [-0.25, -0.2) is 0 Å². The Labute approximate surface area is 92.1 Å². The predicted molar refractivity (Wildman–Crippen MR) is 62.6 cm³/mol. The first-order valence-corrected chi connectivity index (χ1v) is 5.93. The largest absolute Gasteiger partial charge is 0.307 e. The monoisotopic (exact) mass is 204 g/mol. The topological polar surface area (TPSA) is 24.9 Å². The molecule has 0 radical (unpaired) electrons. The van der Waals surface area contributed by atoms with Gasteiger partial charge in [-0.3, -0.25) is 4.98 Å². The summed E-state index contributed by atoms with van der Waals surface area (Å²) in [5.74, 6) is 0.823. The minimum atomic E-state index is 0.421. The summed E-state index contributed by atoms with van der Waals surface area (Å²) in [6, 6.07) is 5.26. The van der Waals surface area contributed by atoms with Gasteiger partial charge in [-0.2, -0.15) is 0 Å². The van der Waals surface area contributed by atoms with Crippen LogP contribution in [-0.2, 0) is 0 Å². The molecule has 0 aliphatic heterocycles. The zero-order valence-corrected chi connectivity index (χ0v) is 9.61. The highest BCUT2D eigenvalue weighted by molar-refractivity contribution is 5.13. The summed E-state index contributed by atoms with van der Waals surface area (Å²) in [5, 5.41) is 3.70. The first-order valence-electron chi connectivity index (χ1n) is 5.93. The van der Waals surface area contributed by atoms with Gasteiger partial charge in [0, 0.05) is 24.5 Å². The first-order chi connectivity index (χ1) is 7.27. The molecule has 1 aromatic rings. The van der Waals surface area contributed by atoms with Gasteiger partial charge in [0.1, 0.15) is 0 Å². The molecule has 2 nitrogen and oxygen atoms in total. The molecule has 0 spiro atoms. The SMILES string of the molecule is CC1CCCC1N[C@H](C)c1cccnc1. The Morgan fingerprint density at radius 2 is 2.33 bits per heavy atom. The number of nitrogens with zero attached hydrogens (tertiary/aromatic N) is 1. The number of aromatic nitrogens is 1. The highest BCUT2D eigenvalue weighted by Crippen LogP contribution is 2.27. The fraction of sp³-hybridized carbons (Fsp3) is 0.615. The quantitative estimate of drug-likeness (QED) is 0.819. The lowest BCUT2D eigenvalue weighted by atomic mass is 10.0. The van der Waals surface area contributed by atoms with Crippen molar-refractivity contribution >= 4 is 0 Å². The van der Waals surface area contributed by atoms with Crippen molar-refractivity contribution in [3.8, 4) is 0 Å². The molecule has 1 aromatic heterocycles. The van der Waals surface area contributed by atoms with Crippen LogP contribution in [0.5, 0.6) is 0 Å². The maximum Gasteiger partial charge on any atom is 0.0315 e. The van der Waals surface area contributed by atoms with E-state index < -0.39 is 0 Å². The number of hydrogen-bond donors (Lipinski definition) is 1. The second-order valence-corrected chi connectivity index (χ2v) is 4.69. The second-order valence-electron chi connectivity index (χ2n) is 4.69. The minimum Gasteiger partial charge on any atom is -0.307 e. The summed E-state index contributed by atoms with van der Waals surface area (Å²) in [5.41, 5.74) is 1.29. The Morgan fingerprint density at radius 3 is 2.93 bits per heavy atom. The van der Waals surface area contributed by atoms with Crippen LogP contribution in [0.2, 0.25) is 0 Å². The maximum atomic E-state index is 4.16. The molecule has 1 aliphatic rings. The van der Waals surface area contributed by atoms with Crippen molar-refractivity contribution in [2.45, 2.75) is 45.2 Å². The average Bonchev–Trinajstić information content (AvgIpc) is 2.66. The first kappa shape index (κ1) is 10.6. The van der Waals surface area contributed by atoms with Crippen molar-refractivity contribution in [2.24, 2.45) is 5.92 Å². The predicted octanol–water partition coefficient (Wildman–Crippen LogP) is 2.92. The van der Waals surface area contributed by atoms with Gasteiger partial charge in [0.2, 0.25) is 0 Å². The third-order valence-corrected chi connectivity index (χ3v) is 3.51. The molecule has 1 heterocycles. The molecule has 1 N–H and O–H groups in total. The van der Waals surface area contributed by atoms with E-state index in [2.05, 4.69) is 30.2 Å². The maximum absolute atomic E-state index is 4.16. The summed E-state index contributed by atoms with van der Waals surface area (Å²) in [4.78, 5) is 4.16. The van der Waals surface area contributed by atoms with E-state index in [9.17, 15) is 0 Å². The number of hydrogen-bond acceptors (Lipinski definition) is 2. The molecule has 0 amide bonds. The fourth-order valence-corrected chi connectivity index (χ4v) is 2.44. The van der Waals surface area contributed by atoms with E-state index in [1.54, 1.807) is 0 Å². The standard InChI is InChI=1S/C13H20N2/c1-10-5-3-7-13(10)15-11(2)12-6-4-8-14-9-12/h4,6,8-11,13,15H,3,5,7H2,1-2H3/t10?,11-,13?/m1/s1. The van der Waals surface area contributed by atoms with E-state index in [0.717, 1.165) is 5.92 Å². The van der Waals surface area contributed by atoms with Gasteiger partial charge < -0.3 is 5.32 Å². The molecule has 0 bridgehead atoms. The van der Waals surface area contributed by atoms with Gasteiger partial charge >= 0.3 is 0 Å². The average molecular weight is 204 g/mol. The molecule has 15 heavy (non-hydrogen) atoms. The Bertz CT molecular complexity index is 297. The second kappa shape index (κ2) is 4.75. The van der Waals surface area contributed by atoms with Crippen molar-refractivity contribution in [3.63, 3.8) is 0 Å². The van der Waals surface area contributed by atoms with Crippen LogP contribution in [0, 0.1) is 5.92 Å². The summed E-state index contributed by atoms with van der Waals surface area (Å²) in [6.07, 6.45) is 7.85. The highest BCUT2D eigenvalue weighted by atomic mass is 15.0. The minimum absolute atomic E-state index is 0.421. The van der Waals surface area contributed by atoms with Crippen LogP contribution in [0.3, 0.4) is 0 Å². The summed E-state index contributed by atoms with van der Waals surface area (Å²) < 4.78 is 0. The van der Waals surface area contributed by atoms with E-state index in [-0.39, 0.29) is 0 Å². The molecule has 1 saturated carbocycles. The van der Waals surface area contributed by atoms with Gasteiger partial charge in [-0.1, -0.05) is 19.4 Å².